The van der Waals surface area contributed by atoms with E-state index in [0.717, 1.165) is 23.5 Å². The number of likely N-dealkylation sites (tertiary alicyclic amines) is 1. The fourth-order valence-corrected chi connectivity index (χ4v) is 5.73. The first-order valence-electron chi connectivity index (χ1n) is 10.1. The second kappa shape index (κ2) is 9.55. The van der Waals surface area contributed by atoms with E-state index < -0.39 is 38.5 Å². The van der Waals surface area contributed by atoms with Crippen molar-refractivity contribution in [3.05, 3.63) is 33.9 Å². The number of halogens is 2. The molecule has 2 heterocycles. The van der Waals surface area contributed by atoms with Crippen molar-refractivity contribution in [3.8, 4) is 0 Å². The number of carbonyl (C=O) groups is 2. The van der Waals surface area contributed by atoms with Gasteiger partial charge in [0.05, 0.1) is 16.2 Å². The summed E-state index contributed by atoms with van der Waals surface area (Å²) in [6, 6.07) is 1.60. The number of benzene rings is 1. The number of aromatic nitrogens is 1. The molecule has 14 heteroatoms. The minimum atomic E-state index is -4.79. The second-order valence-corrected chi connectivity index (χ2v) is 11.5. The second-order valence-electron chi connectivity index (χ2n) is 8.61. The van der Waals surface area contributed by atoms with E-state index in [0.29, 0.717) is 17.3 Å². The van der Waals surface area contributed by atoms with Crippen LogP contribution in [0.15, 0.2) is 27.9 Å². The molecule has 0 unspecified atom stereocenters. The van der Waals surface area contributed by atoms with Crippen molar-refractivity contribution in [2.75, 3.05) is 29.3 Å². The molecular weight excluding hydrogens is 511 g/mol. The van der Waals surface area contributed by atoms with E-state index in [-0.39, 0.29) is 29.1 Å². The lowest BCUT2D eigenvalue weighted by molar-refractivity contribution is 0.0608. The number of anilines is 2. The lowest BCUT2D eigenvalue weighted by Crippen LogP contribution is -2.41. The average molecular weight is 535 g/mol. The van der Waals surface area contributed by atoms with Crippen LogP contribution in [0.25, 0.3) is 0 Å². The minimum absolute atomic E-state index is 0.0846. The van der Waals surface area contributed by atoms with Gasteiger partial charge in [0.15, 0.2) is 5.82 Å². The Labute approximate surface area is 205 Å². The number of ether oxygens (including phenoxy) is 1. The van der Waals surface area contributed by atoms with Gasteiger partial charge in [0.25, 0.3) is 10.0 Å². The molecule has 1 fully saturated rings. The van der Waals surface area contributed by atoms with E-state index in [1.165, 1.54) is 15.8 Å². The Hall–Kier alpha value is -2.64. The summed E-state index contributed by atoms with van der Waals surface area (Å²) < 4.78 is 47.5. The zero-order valence-corrected chi connectivity index (χ0v) is 21.2. The van der Waals surface area contributed by atoms with Gasteiger partial charge in [-0.3, -0.25) is 0 Å². The van der Waals surface area contributed by atoms with Crippen molar-refractivity contribution < 1.29 is 32.2 Å². The average Bonchev–Trinajstić information content (AvgIpc) is 3.39. The summed E-state index contributed by atoms with van der Waals surface area (Å²) in [6.07, 6.45) is -1.80. The van der Waals surface area contributed by atoms with Crippen LogP contribution in [0, 0.1) is 5.82 Å². The highest BCUT2D eigenvalue weighted by atomic mass is 35.5. The Bertz CT molecular complexity index is 1190. The number of hydrogen-bond acceptors (Lipinski definition) is 8. The van der Waals surface area contributed by atoms with Gasteiger partial charge < -0.3 is 19.6 Å². The van der Waals surface area contributed by atoms with Crippen LogP contribution in [-0.2, 0) is 14.8 Å². The highest BCUT2D eigenvalue weighted by Crippen LogP contribution is 2.35. The topological polar surface area (TPSA) is 120 Å². The standard InChI is InChI=1S/C20H24ClFN4O6S2/c1-20(2,3)32-19(29)26(17-10-33-11-23-17)34(30,31)16-7-13(21)15(8-14(16)22)24(4)12-5-6-25(9-12)18(27)28/h7-8,10-12H,5-6,9H2,1-4H3,(H,27,28)/t12-/m0/s1. The number of carboxylic acid groups (broad SMARTS) is 1. The molecule has 34 heavy (non-hydrogen) atoms. The largest absolute Gasteiger partial charge is 0.465 e. The Morgan fingerprint density at radius 1 is 1.35 bits per heavy atom. The molecule has 0 radical (unpaired) electrons. The molecule has 1 saturated heterocycles. The van der Waals surface area contributed by atoms with Crippen LogP contribution < -0.4 is 9.21 Å². The number of likely N-dealkylation sites (N-methyl/N-ethyl adjacent to an activating group) is 1. The van der Waals surface area contributed by atoms with Crippen molar-refractivity contribution >= 4 is 56.7 Å². The molecule has 0 saturated carbocycles. The Morgan fingerprint density at radius 2 is 2.03 bits per heavy atom. The van der Waals surface area contributed by atoms with Gasteiger partial charge in [0, 0.05) is 37.6 Å². The van der Waals surface area contributed by atoms with Gasteiger partial charge in [-0.2, -0.15) is 0 Å². The minimum Gasteiger partial charge on any atom is -0.465 e. The molecule has 10 nitrogen and oxygen atoms in total. The highest BCUT2D eigenvalue weighted by molar-refractivity contribution is 7.93. The smallest absolute Gasteiger partial charge is 0.430 e. The molecule has 1 aromatic heterocycles. The molecule has 0 aliphatic carbocycles. The molecule has 1 aliphatic rings. The predicted octanol–water partition coefficient (Wildman–Crippen LogP) is 4.25. The monoisotopic (exact) mass is 534 g/mol. The van der Waals surface area contributed by atoms with Gasteiger partial charge in [-0.05, 0) is 33.3 Å². The fraction of sp³-hybridized carbons (Fsp3) is 0.450. The Balaban J connectivity index is 1.98. The zero-order chi connectivity index (χ0) is 25.4. The number of thiazole rings is 1. The highest BCUT2D eigenvalue weighted by Gasteiger charge is 2.38. The molecule has 3 rings (SSSR count). The molecule has 1 atom stereocenters. The number of nitrogens with zero attached hydrogens (tertiary/aromatic N) is 4. The summed E-state index contributed by atoms with van der Waals surface area (Å²) in [4.78, 5) is 29.9. The van der Waals surface area contributed by atoms with Crippen LogP contribution in [0.2, 0.25) is 5.02 Å². The Morgan fingerprint density at radius 3 is 2.56 bits per heavy atom. The third-order valence-corrected chi connectivity index (χ3v) is 7.63. The number of rotatable bonds is 5. The van der Waals surface area contributed by atoms with Gasteiger partial charge in [-0.25, -0.2) is 27.4 Å². The molecule has 0 spiro atoms. The lowest BCUT2D eigenvalue weighted by Gasteiger charge is -2.28. The lowest BCUT2D eigenvalue weighted by atomic mass is 10.2. The van der Waals surface area contributed by atoms with E-state index in [9.17, 15) is 18.0 Å². The molecule has 1 aromatic carbocycles. The van der Waals surface area contributed by atoms with E-state index >= 15 is 4.39 Å². The fourth-order valence-electron chi connectivity index (χ4n) is 3.44. The first kappa shape index (κ1) is 26.0. The van der Waals surface area contributed by atoms with Gasteiger partial charge in [0.2, 0.25) is 0 Å². The van der Waals surface area contributed by atoms with E-state index in [1.54, 1.807) is 32.7 Å². The van der Waals surface area contributed by atoms with Gasteiger partial charge in [0.1, 0.15) is 16.3 Å². The van der Waals surface area contributed by atoms with Crippen LogP contribution in [-0.4, -0.2) is 67.4 Å². The Kier molecular flexibility index (Phi) is 7.29. The van der Waals surface area contributed by atoms with Crippen molar-refractivity contribution in [2.24, 2.45) is 0 Å². The number of amides is 2. The van der Waals surface area contributed by atoms with Crippen molar-refractivity contribution in [2.45, 2.75) is 43.7 Å². The molecule has 1 N–H and O–H groups in total. The molecule has 2 aromatic rings. The zero-order valence-electron chi connectivity index (χ0n) is 18.9. The van der Waals surface area contributed by atoms with Crippen LogP contribution in [0.1, 0.15) is 27.2 Å². The molecular formula is C20H24ClFN4O6S2. The summed E-state index contributed by atoms with van der Waals surface area (Å²) in [6.45, 7) is 5.20. The SMILES string of the molecule is CN(c1cc(F)c(S(=O)(=O)N(C(=O)OC(C)(C)C)c2cscn2)cc1Cl)[C@H]1CCN(C(=O)O)C1. The van der Waals surface area contributed by atoms with Crippen LogP contribution in [0.3, 0.4) is 0 Å². The van der Waals surface area contributed by atoms with Crippen molar-refractivity contribution in [1.29, 1.82) is 0 Å². The maximum absolute atomic E-state index is 15.2. The summed E-state index contributed by atoms with van der Waals surface area (Å²) in [5, 5.41) is 10.4. The summed E-state index contributed by atoms with van der Waals surface area (Å²) in [5.74, 6) is -1.38. The van der Waals surface area contributed by atoms with E-state index in [4.69, 9.17) is 21.4 Å². The summed E-state index contributed by atoms with van der Waals surface area (Å²) in [5.41, 5.74) is 0.494. The first-order chi connectivity index (χ1) is 15.7. The van der Waals surface area contributed by atoms with Crippen LogP contribution >= 0.6 is 22.9 Å². The summed E-state index contributed by atoms with van der Waals surface area (Å²) in [7, 11) is -3.17. The van der Waals surface area contributed by atoms with Gasteiger partial charge in [-0.15, -0.1) is 15.6 Å². The molecule has 186 valence electrons. The maximum atomic E-state index is 15.2. The first-order valence-corrected chi connectivity index (χ1v) is 12.8. The third-order valence-electron chi connectivity index (χ3n) is 5.07. The third kappa shape index (κ3) is 5.36. The van der Waals surface area contributed by atoms with Gasteiger partial charge in [-0.1, -0.05) is 11.6 Å². The molecule has 1 aliphatic heterocycles. The number of sulfonamides is 1. The summed E-state index contributed by atoms with van der Waals surface area (Å²) >= 11 is 7.39. The van der Waals surface area contributed by atoms with Crippen LogP contribution in [0.5, 0.6) is 0 Å². The maximum Gasteiger partial charge on any atom is 0.430 e. The normalized spacial score (nSPS) is 16.4. The molecule has 0 bridgehead atoms. The van der Waals surface area contributed by atoms with Crippen molar-refractivity contribution in [1.82, 2.24) is 9.88 Å². The number of hydrogen-bond donors (Lipinski definition) is 1. The quantitative estimate of drug-likeness (QED) is 0.604. The van der Waals surface area contributed by atoms with Crippen LogP contribution in [0.4, 0.5) is 25.5 Å². The number of carbonyl (C=O) groups excluding carboxylic acids is 1. The molecule has 2 amide bonds. The van der Waals surface area contributed by atoms with E-state index in [1.807, 2.05) is 0 Å². The predicted molar refractivity (Wildman–Crippen MR) is 126 cm³/mol. The van der Waals surface area contributed by atoms with E-state index in [2.05, 4.69) is 4.98 Å². The van der Waals surface area contributed by atoms with Crippen molar-refractivity contribution in [3.63, 3.8) is 0 Å². The van der Waals surface area contributed by atoms with Gasteiger partial charge >= 0.3 is 12.2 Å².